The van der Waals surface area contributed by atoms with Gasteiger partial charge in [-0.3, -0.25) is 19.7 Å². The van der Waals surface area contributed by atoms with E-state index in [9.17, 15) is 4.79 Å². The first-order valence-electron chi connectivity index (χ1n) is 9.02. The van der Waals surface area contributed by atoms with Crippen LogP contribution >= 0.6 is 0 Å². The lowest BCUT2D eigenvalue weighted by atomic mass is 10.0. The highest BCUT2D eigenvalue weighted by Crippen LogP contribution is 2.30. The number of nitrogens with zero attached hydrogens (tertiary/aromatic N) is 5. The minimum atomic E-state index is -0.372. The molecule has 0 fully saturated rings. The van der Waals surface area contributed by atoms with Crippen LogP contribution in [0.15, 0.2) is 55.4 Å². The smallest absolute Gasteiger partial charge is 0.243 e. The third-order valence-corrected chi connectivity index (χ3v) is 4.90. The van der Waals surface area contributed by atoms with Crippen molar-refractivity contribution in [2.24, 2.45) is 7.05 Å². The van der Waals surface area contributed by atoms with E-state index in [1.165, 1.54) is 0 Å². The fourth-order valence-electron chi connectivity index (χ4n) is 3.56. The zero-order chi connectivity index (χ0) is 18.6. The van der Waals surface area contributed by atoms with E-state index in [-0.39, 0.29) is 11.9 Å². The minimum absolute atomic E-state index is 0.0137. The Bertz CT molecular complexity index is 909. The molecule has 1 atom stereocenters. The van der Waals surface area contributed by atoms with Gasteiger partial charge in [0.05, 0.1) is 17.7 Å². The maximum absolute atomic E-state index is 13.2. The molecular formula is C20H22N6O. The number of imidazole rings is 1. The van der Waals surface area contributed by atoms with Crippen LogP contribution in [0.1, 0.15) is 28.6 Å². The molecule has 138 valence electrons. The van der Waals surface area contributed by atoms with Gasteiger partial charge in [-0.2, -0.15) is 0 Å². The van der Waals surface area contributed by atoms with Crippen LogP contribution in [0, 0.1) is 0 Å². The summed E-state index contributed by atoms with van der Waals surface area (Å²) in [5.74, 6) is -0.0137. The van der Waals surface area contributed by atoms with E-state index in [1.807, 2.05) is 42.1 Å². The summed E-state index contributed by atoms with van der Waals surface area (Å²) >= 11 is 0. The number of nitrogens with one attached hydrogen (secondary N) is 1. The maximum atomic E-state index is 13.2. The van der Waals surface area contributed by atoms with Crippen molar-refractivity contribution < 1.29 is 4.79 Å². The van der Waals surface area contributed by atoms with Gasteiger partial charge in [0, 0.05) is 57.9 Å². The van der Waals surface area contributed by atoms with Crippen molar-refractivity contribution in [2.75, 3.05) is 6.54 Å². The fraction of sp³-hybridized carbons (Fsp3) is 0.300. The number of aromatic nitrogens is 4. The molecule has 1 N–H and O–H groups in total. The summed E-state index contributed by atoms with van der Waals surface area (Å²) in [5.41, 5.74) is 4.09. The summed E-state index contributed by atoms with van der Waals surface area (Å²) < 4.78 is 1.96. The summed E-state index contributed by atoms with van der Waals surface area (Å²) in [4.78, 5) is 28.1. The molecule has 3 aromatic rings. The van der Waals surface area contributed by atoms with Crippen molar-refractivity contribution in [1.82, 2.24) is 29.7 Å². The molecule has 1 unspecified atom stereocenters. The van der Waals surface area contributed by atoms with Gasteiger partial charge >= 0.3 is 0 Å². The molecule has 7 heteroatoms. The molecule has 1 amide bonds. The second-order valence-corrected chi connectivity index (χ2v) is 6.74. The number of amides is 1. The molecule has 4 heterocycles. The maximum Gasteiger partial charge on any atom is 0.243 e. The van der Waals surface area contributed by atoms with Crippen molar-refractivity contribution in [1.29, 1.82) is 0 Å². The van der Waals surface area contributed by atoms with E-state index in [0.717, 1.165) is 35.5 Å². The Balaban J connectivity index is 1.57. The van der Waals surface area contributed by atoms with Crippen LogP contribution in [0.25, 0.3) is 0 Å². The van der Waals surface area contributed by atoms with Crippen LogP contribution in [-0.4, -0.2) is 36.9 Å². The predicted molar refractivity (Wildman–Crippen MR) is 100 cm³/mol. The molecule has 0 aromatic carbocycles. The number of aryl methyl sites for hydroxylation is 1. The monoisotopic (exact) mass is 362 g/mol. The van der Waals surface area contributed by atoms with Crippen molar-refractivity contribution >= 4 is 5.91 Å². The van der Waals surface area contributed by atoms with Gasteiger partial charge in [-0.05, 0) is 29.3 Å². The number of hydrogen-bond donors (Lipinski definition) is 1. The Labute approximate surface area is 158 Å². The van der Waals surface area contributed by atoms with E-state index < -0.39 is 0 Å². The number of carbonyl (C=O) groups is 1. The number of hydrogen-bond acceptors (Lipinski definition) is 5. The second kappa shape index (κ2) is 7.67. The molecule has 0 saturated heterocycles. The van der Waals surface area contributed by atoms with Crippen molar-refractivity contribution in [3.8, 4) is 0 Å². The Hall–Kier alpha value is -3.06. The normalized spacial score (nSPS) is 16.7. The number of rotatable bonds is 5. The molecule has 0 radical (unpaired) electrons. The minimum Gasteiger partial charge on any atom is -0.350 e. The number of pyridine rings is 2. The molecule has 0 saturated carbocycles. The van der Waals surface area contributed by atoms with Gasteiger partial charge in [-0.25, -0.2) is 4.98 Å². The summed E-state index contributed by atoms with van der Waals surface area (Å²) in [5, 5.41) is 3.08. The van der Waals surface area contributed by atoms with Crippen molar-refractivity contribution in [3.05, 3.63) is 77.9 Å². The number of fused-ring (bicyclic) bond motifs is 1. The molecule has 0 aliphatic carbocycles. The van der Waals surface area contributed by atoms with E-state index in [2.05, 4.69) is 25.2 Å². The Kier molecular flexibility index (Phi) is 4.93. The molecule has 1 aliphatic heterocycles. The van der Waals surface area contributed by atoms with Gasteiger partial charge in [0.1, 0.15) is 6.04 Å². The Morgan fingerprint density at radius 2 is 2.04 bits per heavy atom. The zero-order valence-corrected chi connectivity index (χ0v) is 15.2. The van der Waals surface area contributed by atoms with Gasteiger partial charge in [-0.15, -0.1) is 0 Å². The Morgan fingerprint density at radius 1 is 1.19 bits per heavy atom. The van der Waals surface area contributed by atoms with Crippen LogP contribution in [0.2, 0.25) is 0 Å². The summed E-state index contributed by atoms with van der Waals surface area (Å²) in [6, 6.07) is 7.40. The van der Waals surface area contributed by atoms with E-state index in [4.69, 9.17) is 0 Å². The quantitative estimate of drug-likeness (QED) is 0.747. The van der Waals surface area contributed by atoms with Gasteiger partial charge in [-0.1, -0.05) is 6.07 Å². The lowest BCUT2D eigenvalue weighted by Gasteiger charge is -2.35. The summed E-state index contributed by atoms with van der Waals surface area (Å²) in [7, 11) is 1.95. The van der Waals surface area contributed by atoms with Gasteiger partial charge < -0.3 is 9.88 Å². The lowest BCUT2D eigenvalue weighted by molar-refractivity contribution is -0.127. The van der Waals surface area contributed by atoms with Gasteiger partial charge in [0.15, 0.2) is 0 Å². The van der Waals surface area contributed by atoms with Crippen molar-refractivity contribution in [3.63, 3.8) is 0 Å². The third kappa shape index (κ3) is 3.73. The van der Waals surface area contributed by atoms with Crippen LogP contribution in [0.3, 0.4) is 0 Å². The average Bonchev–Trinajstić information content (AvgIpc) is 3.09. The molecule has 7 nitrogen and oxygen atoms in total. The standard InChI is InChI=1S/C20H22N6O/c1-25-14-24-17-6-10-26(13-16-3-2-7-22-11-16)19(18(17)25)20(27)23-12-15-4-8-21-9-5-15/h2-5,7-9,11,14,19H,6,10,12-13H2,1H3,(H,23,27). The fourth-order valence-corrected chi connectivity index (χ4v) is 3.56. The van der Waals surface area contributed by atoms with Crippen LogP contribution in [0.5, 0.6) is 0 Å². The van der Waals surface area contributed by atoms with Crippen molar-refractivity contribution in [2.45, 2.75) is 25.6 Å². The molecule has 1 aliphatic rings. The van der Waals surface area contributed by atoms with E-state index in [0.29, 0.717) is 13.1 Å². The zero-order valence-electron chi connectivity index (χ0n) is 15.2. The van der Waals surface area contributed by atoms with E-state index >= 15 is 0 Å². The van der Waals surface area contributed by atoms with Gasteiger partial charge in [0.25, 0.3) is 0 Å². The topological polar surface area (TPSA) is 75.9 Å². The van der Waals surface area contributed by atoms with E-state index in [1.54, 1.807) is 24.9 Å². The SMILES string of the molecule is Cn1cnc2c1C(C(=O)NCc1ccncc1)N(Cc1cccnc1)CC2. The second-order valence-electron chi connectivity index (χ2n) is 6.74. The summed E-state index contributed by atoms with van der Waals surface area (Å²) in [6.45, 7) is 1.93. The largest absolute Gasteiger partial charge is 0.350 e. The molecule has 3 aromatic heterocycles. The Morgan fingerprint density at radius 3 is 2.81 bits per heavy atom. The molecular weight excluding hydrogens is 340 g/mol. The molecule has 0 bridgehead atoms. The predicted octanol–water partition coefficient (Wildman–Crippen LogP) is 1.63. The van der Waals surface area contributed by atoms with Crippen LogP contribution in [-0.2, 0) is 31.4 Å². The third-order valence-electron chi connectivity index (χ3n) is 4.90. The molecule has 27 heavy (non-hydrogen) atoms. The first kappa shape index (κ1) is 17.4. The molecule has 4 rings (SSSR count). The first-order valence-corrected chi connectivity index (χ1v) is 9.02. The van der Waals surface area contributed by atoms with Crippen LogP contribution < -0.4 is 5.32 Å². The number of carbonyl (C=O) groups excluding carboxylic acids is 1. The highest BCUT2D eigenvalue weighted by molar-refractivity contribution is 5.83. The first-order chi connectivity index (χ1) is 13.2. The average molecular weight is 362 g/mol. The highest BCUT2D eigenvalue weighted by atomic mass is 16.2. The van der Waals surface area contributed by atoms with Crippen LogP contribution in [0.4, 0.5) is 0 Å². The molecule has 0 spiro atoms. The summed E-state index contributed by atoms with van der Waals surface area (Å²) in [6.07, 6.45) is 9.71. The lowest BCUT2D eigenvalue weighted by Crippen LogP contribution is -2.44. The van der Waals surface area contributed by atoms with Gasteiger partial charge in [0.2, 0.25) is 5.91 Å². The highest BCUT2D eigenvalue weighted by Gasteiger charge is 2.35.